The molecule has 5 nitrogen and oxygen atoms in total. The Hall–Kier alpha value is -3.04. The maximum atomic E-state index is 12.5. The number of hydrogen-bond donors (Lipinski definition) is 1. The monoisotopic (exact) mass is 348 g/mol. The van der Waals surface area contributed by atoms with E-state index in [0.717, 1.165) is 29.2 Å². The van der Waals surface area contributed by atoms with Crippen LogP contribution in [0.25, 0.3) is 0 Å². The van der Waals surface area contributed by atoms with Crippen molar-refractivity contribution in [1.29, 1.82) is 5.26 Å². The number of nitrogens with one attached hydrogen (secondary N) is 1. The summed E-state index contributed by atoms with van der Waals surface area (Å²) in [5.74, 6) is -0.200. The number of carbonyl (C=O) groups is 1. The Morgan fingerprint density at radius 1 is 1.24 bits per heavy atom. The molecular weight excluding hydrogens is 332 g/mol. The Balaban J connectivity index is 1.69. The zero-order valence-corrected chi connectivity index (χ0v) is 14.5. The topological polar surface area (TPSA) is 78.7 Å². The van der Waals surface area contributed by atoms with Gasteiger partial charge in [-0.25, -0.2) is 4.98 Å². The van der Waals surface area contributed by atoms with Gasteiger partial charge in [0.25, 0.3) is 5.91 Å². The lowest BCUT2D eigenvalue weighted by molar-refractivity contribution is 0.103. The van der Waals surface area contributed by atoms with Gasteiger partial charge in [0.15, 0.2) is 0 Å². The molecule has 0 saturated heterocycles. The van der Waals surface area contributed by atoms with Crippen LogP contribution in [0, 0.1) is 18.3 Å². The van der Waals surface area contributed by atoms with Gasteiger partial charge in [-0.1, -0.05) is 12.1 Å². The summed E-state index contributed by atoms with van der Waals surface area (Å²) >= 11 is 1.40. The number of aromatic nitrogens is 2. The summed E-state index contributed by atoms with van der Waals surface area (Å²) in [6.07, 6.45) is 3.31. The van der Waals surface area contributed by atoms with Crippen LogP contribution in [0.5, 0.6) is 0 Å². The molecule has 6 heteroatoms. The van der Waals surface area contributed by atoms with Gasteiger partial charge in [0.1, 0.15) is 4.88 Å². The van der Waals surface area contributed by atoms with Crippen molar-refractivity contribution >= 4 is 22.9 Å². The van der Waals surface area contributed by atoms with E-state index in [1.54, 1.807) is 30.5 Å². The molecule has 2 heterocycles. The van der Waals surface area contributed by atoms with Crippen LogP contribution >= 0.6 is 11.3 Å². The molecular formula is C19H16N4OS. The van der Waals surface area contributed by atoms with Gasteiger partial charge in [0.2, 0.25) is 0 Å². The molecule has 3 aromatic rings. The molecule has 0 aliphatic heterocycles. The standard InChI is InChI=1S/C19H16N4OS/c1-13-18(19(24)23-16-7-4-5-14(11-16)12-20)25-17(22-13)9-8-15-6-2-3-10-21-15/h2-7,10-11H,8-9H2,1H3,(H,23,24). The minimum Gasteiger partial charge on any atom is -0.321 e. The molecule has 2 aromatic heterocycles. The highest BCUT2D eigenvalue weighted by Crippen LogP contribution is 2.21. The molecule has 0 fully saturated rings. The number of rotatable bonds is 5. The first-order chi connectivity index (χ1) is 12.2. The fraction of sp³-hybridized carbons (Fsp3) is 0.158. The minimum atomic E-state index is -0.200. The molecule has 0 radical (unpaired) electrons. The van der Waals surface area contributed by atoms with Crippen molar-refractivity contribution < 1.29 is 4.79 Å². The van der Waals surface area contributed by atoms with Gasteiger partial charge in [0, 0.05) is 24.0 Å². The van der Waals surface area contributed by atoms with E-state index in [9.17, 15) is 4.79 Å². The summed E-state index contributed by atoms with van der Waals surface area (Å²) in [4.78, 5) is 21.9. The van der Waals surface area contributed by atoms with Gasteiger partial charge in [0.05, 0.1) is 22.3 Å². The number of hydrogen-bond acceptors (Lipinski definition) is 5. The number of aryl methyl sites for hydroxylation is 3. The third-order valence-corrected chi connectivity index (χ3v) is 4.83. The van der Waals surface area contributed by atoms with E-state index >= 15 is 0 Å². The van der Waals surface area contributed by atoms with E-state index in [4.69, 9.17) is 5.26 Å². The predicted molar refractivity (Wildman–Crippen MR) is 97.6 cm³/mol. The molecule has 1 aromatic carbocycles. The van der Waals surface area contributed by atoms with Crippen LogP contribution in [-0.4, -0.2) is 15.9 Å². The second-order valence-corrected chi connectivity index (χ2v) is 6.57. The molecule has 0 aliphatic rings. The Kier molecular flexibility index (Phi) is 5.17. The Morgan fingerprint density at radius 2 is 2.12 bits per heavy atom. The molecule has 1 amide bonds. The minimum absolute atomic E-state index is 0.200. The van der Waals surface area contributed by atoms with E-state index in [2.05, 4.69) is 21.4 Å². The van der Waals surface area contributed by atoms with E-state index in [1.165, 1.54) is 11.3 Å². The zero-order chi connectivity index (χ0) is 17.6. The van der Waals surface area contributed by atoms with Crippen LogP contribution in [0.15, 0.2) is 48.7 Å². The van der Waals surface area contributed by atoms with Crippen LogP contribution in [-0.2, 0) is 12.8 Å². The normalized spacial score (nSPS) is 10.2. The Bertz CT molecular complexity index is 928. The van der Waals surface area contributed by atoms with Gasteiger partial charge >= 0.3 is 0 Å². The fourth-order valence-electron chi connectivity index (χ4n) is 2.41. The van der Waals surface area contributed by atoms with E-state index in [1.807, 2.05) is 25.1 Å². The molecule has 0 saturated carbocycles. The Labute approximate surface area is 150 Å². The zero-order valence-electron chi connectivity index (χ0n) is 13.7. The van der Waals surface area contributed by atoms with E-state index < -0.39 is 0 Å². The highest BCUT2D eigenvalue weighted by atomic mass is 32.1. The summed E-state index contributed by atoms with van der Waals surface area (Å²) in [5, 5.41) is 12.7. The average Bonchev–Trinajstić information content (AvgIpc) is 3.02. The number of anilines is 1. The second kappa shape index (κ2) is 7.69. The van der Waals surface area contributed by atoms with Crippen molar-refractivity contribution in [2.24, 2.45) is 0 Å². The molecule has 0 bridgehead atoms. The van der Waals surface area contributed by atoms with Crippen molar-refractivity contribution in [2.45, 2.75) is 19.8 Å². The quantitative estimate of drug-likeness (QED) is 0.761. The summed E-state index contributed by atoms with van der Waals surface area (Å²) < 4.78 is 0. The Morgan fingerprint density at radius 3 is 2.88 bits per heavy atom. The lowest BCUT2D eigenvalue weighted by atomic mass is 10.2. The maximum absolute atomic E-state index is 12.5. The number of pyridine rings is 1. The van der Waals surface area contributed by atoms with Crippen molar-refractivity contribution in [1.82, 2.24) is 9.97 Å². The molecule has 0 aliphatic carbocycles. The first-order valence-electron chi connectivity index (χ1n) is 7.83. The summed E-state index contributed by atoms with van der Waals surface area (Å²) in [5.41, 5.74) is 2.84. The first-order valence-corrected chi connectivity index (χ1v) is 8.65. The van der Waals surface area contributed by atoms with Crippen LogP contribution < -0.4 is 5.32 Å². The van der Waals surface area contributed by atoms with Gasteiger partial charge in [-0.3, -0.25) is 9.78 Å². The average molecular weight is 348 g/mol. The molecule has 0 spiro atoms. The number of thiazole rings is 1. The first kappa shape index (κ1) is 16.8. The molecule has 1 N–H and O–H groups in total. The predicted octanol–water partition coefficient (Wildman–Crippen LogP) is 3.76. The van der Waals surface area contributed by atoms with Crippen molar-refractivity contribution in [2.75, 3.05) is 5.32 Å². The molecule has 0 atom stereocenters. The highest BCUT2D eigenvalue weighted by Gasteiger charge is 2.15. The lowest BCUT2D eigenvalue weighted by Crippen LogP contribution is -2.11. The largest absolute Gasteiger partial charge is 0.321 e. The maximum Gasteiger partial charge on any atom is 0.267 e. The van der Waals surface area contributed by atoms with Crippen molar-refractivity contribution in [3.63, 3.8) is 0 Å². The van der Waals surface area contributed by atoms with Crippen LogP contribution in [0.1, 0.15) is 31.6 Å². The lowest BCUT2D eigenvalue weighted by Gasteiger charge is -2.04. The van der Waals surface area contributed by atoms with Gasteiger partial charge in [-0.2, -0.15) is 5.26 Å². The number of nitrogens with zero attached hydrogens (tertiary/aromatic N) is 3. The second-order valence-electron chi connectivity index (χ2n) is 5.49. The summed E-state index contributed by atoms with van der Waals surface area (Å²) in [6, 6.07) is 14.7. The molecule has 25 heavy (non-hydrogen) atoms. The van der Waals surface area contributed by atoms with Crippen LogP contribution in [0.2, 0.25) is 0 Å². The van der Waals surface area contributed by atoms with Crippen molar-refractivity contribution in [3.05, 3.63) is 75.5 Å². The molecule has 3 rings (SSSR count). The summed E-state index contributed by atoms with van der Waals surface area (Å²) in [6.45, 7) is 1.83. The fourth-order valence-corrected chi connectivity index (χ4v) is 3.36. The molecule has 124 valence electrons. The third kappa shape index (κ3) is 4.28. The van der Waals surface area contributed by atoms with Crippen LogP contribution in [0.4, 0.5) is 5.69 Å². The number of benzene rings is 1. The van der Waals surface area contributed by atoms with Gasteiger partial charge in [-0.15, -0.1) is 11.3 Å². The van der Waals surface area contributed by atoms with Gasteiger partial charge < -0.3 is 5.32 Å². The summed E-state index contributed by atoms with van der Waals surface area (Å²) in [7, 11) is 0. The van der Waals surface area contributed by atoms with Gasteiger partial charge in [-0.05, 0) is 43.7 Å². The number of carbonyl (C=O) groups excluding carboxylic acids is 1. The molecule has 0 unspecified atom stereocenters. The number of nitriles is 1. The van der Waals surface area contributed by atoms with E-state index in [0.29, 0.717) is 16.1 Å². The third-order valence-electron chi connectivity index (χ3n) is 3.62. The SMILES string of the molecule is Cc1nc(CCc2ccccn2)sc1C(=O)Nc1cccc(C#N)c1. The number of amides is 1. The highest BCUT2D eigenvalue weighted by molar-refractivity contribution is 7.13. The van der Waals surface area contributed by atoms with E-state index in [-0.39, 0.29) is 5.91 Å². The van der Waals surface area contributed by atoms with Crippen molar-refractivity contribution in [3.8, 4) is 6.07 Å². The van der Waals surface area contributed by atoms with Crippen LogP contribution in [0.3, 0.4) is 0 Å². The smallest absolute Gasteiger partial charge is 0.267 e.